The van der Waals surface area contributed by atoms with E-state index in [4.69, 9.17) is 10.2 Å². The summed E-state index contributed by atoms with van der Waals surface area (Å²) in [5.74, 6) is 0. The summed E-state index contributed by atoms with van der Waals surface area (Å²) in [5, 5.41) is 37.1. The van der Waals surface area contributed by atoms with Crippen LogP contribution in [0.4, 0.5) is 0 Å². The zero-order valence-corrected chi connectivity index (χ0v) is 9.30. The third kappa shape index (κ3) is 3.02. The van der Waals surface area contributed by atoms with E-state index >= 15 is 0 Å². The molecule has 1 aromatic rings. The van der Waals surface area contributed by atoms with E-state index in [1.165, 1.54) is 0 Å². The maximum atomic E-state index is 9.79. The van der Waals surface area contributed by atoms with Crippen molar-refractivity contribution in [3.8, 4) is 0 Å². The van der Waals surface area contributed by atoms with E-state index in [0.29, 0.717) is 5.56 Å². The number of aryl methyl sites for hydroxylation is 1. The van der Waals surface area contributed by atoms with Crippen LogP contribution in [-0.2, 0) is 6.61 Å². The fourth-order valence-electron chi connectivity index (χ4n) is 1.56. The van der Waals surface area contributed by atoms with Gasteiger partial charge in [0.05, 0.1) is 12.7 Å². The highest BCUT2D eigenvalue weighted by atomic mass is 16.3. The number of hydrogen-bond donors (Lipinski definition) is 4. The van der Waals surface area contributed by atoms with E-state index < -0.39 is 12.2 Å². The third-order valence-corrected chi connectivity index (χ3v) is 2.67. The lowest BCUT2D eigenvalue weighted by Gasteiger charge is -2.18. The Labute approximate surface area is 94.8 Å². The summed E-state index contributed by atoms with van der Waals surface area (Å²) in [6.07, 6.45) is -1.89. The van der Waals surface area contributed by atoms with E-state index in [0.717, 1.165) is 11.1 Å². The van der Waals surface area contributed by atoms with Crippen molar-refractivity contribution in [2.24, 2.45) is 0 Å². The van der Waals surface area contributed by atoms with E-state index in [-0.39, 0.29) is 19.6 Å². The first-order valence-corrected chi connectivity index (χ1v) is 5.27. The summed E-state index contributed by atoms with van der Waals surface area (Å²) in [4.78, 5) is 0. The molecule has 1 aromatic carbocycles. The van der Waals surface area contributed by atoms with E-state index in [1.54, 1.807) is 18.2 Å². The van der Waals surface area contributed by atoms with Crippen molar-refractivity contribution in [3.63, 3.8) is 0 Å². The summed E-state index contributed by atoms with van der Waals surface area (Å²) in [5.41, 5.74) is 2.22. The number of hydrogen-bond acceptors (Lipinski definition) is 4. The lowest BCUT2D eigenvalue weighted by atomic mass is 9.98. The molecular formula is C12H18O4. The Morgan fingerprint density at radius 2 is 1.88 bits per heavy atom. The van der Waals surface area contributed by atoms with Crippen LogP contribution in [0.25, 0.3) is 0 Å². The smallest absolute Gasteiger partial charge is 0.105 e. The molecule has 4 nitrogen and oxygen atoms in total. The van der Waals surface area contributed by atoms with Crippen LogP contribution in [0.3, 0.4) is 0 Å². The van der Waals surface area contributed by atoms with E-state index in [2.05, 4.69) is 0 Å². The van der Waals surface area contributed by atoms with Gasteiger partial charge in [0.25, 0.3) is 0 Å². The fraction of sp³-hybridized carbons (Fsp3) is 0.500. The Bertz CT molecular complexity index is 338. The predicted molar refractivity (Wildman–Crippen MR) is 59.8 cm³/mol. The van der Waals surface area contributed by atoms with Crippen LogP contribution in [0.15, 0.2) is 18.2 Å². The lowest BCUT2D eigenvalue weighted by molar-refractivity contribution is 0.00413. The van der Waals surface area contributed by atoms with Crippen LogP contribution in [-0.4, -0.2) is 33.1 Å². The van der Waals surface area contributed by atoms with Gasteiger partial charge in [0, 0.05) is 6.61 Å². The first kappa shape index (κ1) is 13.1. The largest absolute Gasteiger partial charge is 0.396 e. The van der Waals surface area contributed by atoms with Gasteiger partial charge in [0.15, 0.2) is 0 Å². The van der Waals surface area contributed by atoms with Gasteiger partial charge in [-0.3, -0.25) is 0 Å². The highest BCUT2D eigenvalue weighted by Gasteiger charge is 2.18. The van der Waals surface area contributed by atoms with Crippen molar-refractivity contribution in [1.82, 2.24) is 0 Å². The van der Waals surface area contributed by atoms with Crippen LogP contribution in [0.5, 0.6) is 0 Å². The summed E-state index contributed by atoms with van der Waals surface area (Å²) in [7, 11) is 0. The van der Waals surface area contributed by atoms with Crippen molar-refractivity contribution < 1.29 is 20.4 Å². The molecule has 0 saturated carbocycles. The van der Waals surface area contributed by atoms with Crippen LogP contribution in [0.2, 0.25) is 0 Å². The second-order valence-electron chi connectivity index (χ2n) is 3.87. The van der Waals surface area contributed by atoms with Gasteiger partial charge in [0.2, 0.25) is 0 Å². The van der Waals surface area contributed by atoms with Crippen LogP contribution in [0.1, 0.15) is 29.2 Å². The van der Waals surface area contributed by atoms with Gasteiger partial charge in [-0.1, -0.05) is 18.2 Å². The normalized spacial score (nSPS) is 14.8. The molecule has 0 radical (unpaired) electrons. The lowest BCUT2D eigenvalue weighted by Crippen LogP contribution is -2.19. The predicted octanol–water partition coefficient (Wildman–Crippen LogP) is 0.264. The standard InChI is InChI=1S/C12H18O4/c1-8-2-3-9(6-10(8)7-14)12(16)11(15)4-5-13/h2-3,6,11-16H,4-5,7H2,1H3. The average Bonchev–Trinajstić information content (AvgIpc) is 2.29. The monoisotopic (exact) mass is 226 g/mol. The maximum absolute atomic E-state index is 9.79. The molecule has 1 rings (SSSR count). The Balaban J connectivity index is 2.87. The van der Waals surface area contributed by atoms with Gasteiger partial charge in [-0.25, -0.2) is 0 Å². The zero-order valence-electron chi connectivity index (χ0n) is 9.30. The van der Waals surface area contributed by atoms with E-state index in [9.17, 15) is 10.2 Å². The quantitative estimate of drug-likeness (QED) is 0.580. The Morgan fingerprint density at radius 3 is 2.44 bits per heavy atom. The van der Waals surface area contributed by atoms with E-state index in [1.807, 2.05) is 6.92 Å². The molecule has 16 heavy (non-hydrogen) atoms. The molecule has 0 heterocycles. The second kappa shape index (κ2) is 5.96. The molecule has 0 saturated heterocycles. The molecule has 2 atom stereocenters. The Morgan fingerprint density at radius 1 is 1.19 bits per heavy atom. The van der Waals surface area contributed by atoms with Crippen molar-refractivity contribution >= 4 is 0 Å². The number of aliphatic hydroxyl groups excluding tert-OH is 4. The van der Waals surface area contributed by atoms with Crippen molar-refractivity contribution in [1.29, 1.82) is 0 Å². The first-order chi connectivity index (χ1) is 7.60. The number of benzene rings is 1. The van der Waals surface area contributed by atoms with Gasteiger partial charge in [-0.2, -0.15) is 0 Å². The van der Waals surface area contributed by atoms with Gasteiger partial charge < -0.3 is 20.4 Å². The molecule has 4 N–H and O–H groups in total. The highest BCUT2D eigenvalue weighted by molar-refractivity contribution is 5.32. The topological polar surface area (TPSA) is 80.9 Å². The van der Waals surface area contributed by atoms with Crippen molar-refractivity contribution in [2.75, 3.05) is 6.61 Å². The van der Waals surface area contributed by atoms with Gasteiger partial charge in [-0.15, -0.1) is 0 Å². The Hall–Kier alpha value is -0.940. The molecule has 0 fully saturated rings. The van der Waals surface area contributed by atoms with Crippen LogP contribution < -0.4 is 0 Å². The molecule has 0 aliphatic carbocycles. The average molecular weight is 226 g/mol. The minimum Gasteiger partial charge on any atom is -0.396 e. The molecular weight excluding hydrogens is 208 g/mol. The van der Waals surface area contributed by atoms with Crippen LogP contribution >= 0.6 is 0 Å². The Kier molecular flexibility index (Phi) is 4.89. The first-order valence-electron chi connectivity index (χ1n) is 5.27. The fourth-order valence-corrected chi connectivity index (χ4v) is 1.56. The molecule has 0 aliphatic heterocycles. The molecule has 0 bridgehead atoms. The van der Waals surface area contributed by atoms with Gasteiger partial charge in [0.1, 0.15) is 6.10 Å². The highest BCUT2D eigenvalue weighted by Crippen LogP contribution is 2.21. The molecule has 90 valence electrons. The van der Waals surface area contributed by atoms with Crippen molar-refractivity contribution in [2.45, 2.75) is 32.2 Å². The van der Waals surface area contributed by atoms with Gasteiger partial charge in [-0.05, 0) is 30.0 Å². The summed E-state index contributed by atoms with van der Waals surface area (Å²) >= 11 is 0. The second-order valence-corrected chi connectivity index (χ2v) is 3.87. The third-order valence-electron chi connectivity index (χ3n) is 2.67. The summed E-state index contributed by atoms with van der Waals surface area (Å²) < 4.78 is 0. The van der Waals surface area contributed by atoms with Crippen molar-refractivity contribution in [3.05, 3.63) is 34.9 Å². The number of rotatable bonds is 5. The molecule has 0 amide bonds. The molecule has 4 heteroatoms. The molecule has 0 aliphatic rings. The minimum absolute atomic E-state index is 0.0948. The summed E-state index contributed by atoms with van der Waals surface area (Å²) in [6.45, 7) is 1.60. The zero-order chi connectivity index (χ0) is 12.1. The molecule has 0 spiro atoms. The molecule has 0 aromatic heterocycles. The minimum atomic E-state index is -1.03. The molecule has 2 unspecified atom stereocenters. The van der Waals surface area contributed by atoms with Gasteiger partial charge >= 0.3 is 0 Å². The number of aliphatic hydroxyl groups is 4. The van der Waals surface area contributed by atoms with Crippen LogP contribution in [0, 0.1) is 6.92 Å². The SMILES string of the molecule is Cc1ccc(C(O)C(O)CCO)cc1CO. The summed E-state index contributed by atoms with van der Waals surface area (Å²) in [6, 6.07) is 5.16. The maximum Gasteiger partial charge on any atom is 0.105 e.